The third kappa shape index (κ3) is 9.97. The summed E-state index contributed by atoms with van der Waals surface area (Å²) < 4.78 is 133. The lowest BCUT2D eigenvalue weighted by atomic mass is 10.0. The van der Waals surface area contributed by atoms with Gasteiger partial charge in [-0.2, -0.15) is 33.7 Å². The van der Waals surface area contributed by atoms with Crippen molar-refractivity contribution in [2.75, 3.05) is 21.3 Å². The lowest BCUT2D eigenvalue weighted by Crippen LogP contribution is -2.27. The number of Topliss-reactive ketones (excluding diaryl/α,β-unsaturated/α-hetero) is 2. The van der Waals surface area contributed by atoms with Gasteiger partial charge in [0.25, 0.3) is 52.3 Å². The standard InChI is InChI=1S/C40H26Cl2N4O16S4/c41-33-35(43-23-7-1-19(2-8-23)39(49)45-25-11-5-21-13-27(63(51,52)53)17-31(29(21)15-25)65(57,58)59)37(47)34(42)36(38(33)48)44-24-9-3-20(4-10-24)40(50)46-26-12-6-22-14-28(64(54,55)56)18-32(30(22)16-26)66(60,61)62/h1-18,43-44H,(H,45,49)(H,46,50)(H,51,52,53)(H,54,55,56)(H,57,58,59)(H,60,61,62). The van der Waals surface area contributed by atoms with Crippen LogP contribution < -0.4 is 21.3 Å². The number of fused-ring (bicyclic) bond motifs is 2. The largest absolute Gasteiger partial charge is 0.351 e. The van der Waals surface area contributed by atoms with Crippen LogP contribution in [-0.2, 0) is 50.1 Å². The van der Waals surface area contributed by atoms with Crippen LogP contribution in [0, 0.1) is 0 Å². The minimum atomic E-state index is -4.99. The Balaban J connectivity index is 1.01. The van der Waals surface area contributed by atoms with E-state index < -0.39 is 105 Å². The second-order valence-corrected chi connectivity index (χ2v) is 20.3. The zero-order chi connectivity index (χ0) is 48.3. The van der Waals surface area contributed by atoms with Gasteiger partial charge in [-0.05, 0) is 108 Å². The number of benzene rings is 6. The molecule has 66 heavy (non-hydrogen) atoms. The zero-order valence-electron chi connectivity index (χ0n) is 32.5. The number of allylic oxidation sites excluding steroid dienone is 2. The van der Waals surface area contributed by atoms with Gasteiger partial charge in [0.05, 0.1) is 9.79 Å². The molecule has 8 N–H and O–H groups in total. The highest BCUT2D eigenvalue weighted by molar-refractivity contribution is 7.87. The van der Waals surface area contributed by atoms with Crippen LogP contribution >= 0.6 is 23.2 Å². The molecule has 1 aliphatic carbocycles. The first-order valence-corrected chi connectivity index (χ1v) is 24.5. The number of hydrogen-bond donors (Lipinski definition) is 8. The van der Waals surface area contributed by atoms with E-state index in [1.807, 2.05) is 0 Å². The summed E-state index contributed by atoms with van der Waals surface area (Å²) in [5, 5.41) is 9.01. The Morgan fingerprint density at radius 1 is 0.424 bits per heavy atom. The highest BCUT2D eigenvalue weighted by Gasteiger charge is 2.34. The Labute approximate surface area is 382 Å². The number of nitrogens with one attached hydrogen (secondary N) is 4. The number of anilines is 4. The van der Waals surface area contributed by atoms with Gasteiger partial charge >= 0.3 is 0 Å². The molecule has 6 aromatic carbocycles. The predicted molar refractivity (Wildman–Crippen MR) is 239 cm³/mol. The molecule has 0 saturated carbocycles. The Morgan fingerprint density at radius 2 is 0.742 bits per heavy atom. The van der Waals surface area contributed by atoms with Crippen molar-refractivity contribution in [2.45, 2.75) is 19.6 Å². The first-order valence-electron chi connectivity index (χ1n) is 18.0. The molecular weight excluding hydrogens is 992 g/mol. The summed E-state index contributed by atoms with van der Waals surface area (Å²) in [6, 6.07) is 21.3. The van der Waals surface area contributed by atoms with Crippen LogP contribution in [0.4, 0.5) is 22.7 Å². The smallest absolute Gasteiger partial charge is 0.295 e. The third-order valence-corrected chi connectivity index (χ3v) is 13.7. The molecule has 6 aromatic rings. The average Bonchev–Trinajstić information content (AvgIpc) is 3.24. The van der Waals surface area contributed by atoms with E-state index in [4.69, 9.17) is 23.2 Å². The first kappa shape index (κ1) is 47.4. The first-order chi connectivity index (χ1) is 30.7. The van der Waals surface area contributed by atoms with Crippen molar-refractivity contribution >= 4 is 131 Å². The van der Waals surface area contributed by atoms with Crippen molar-refractivity contribution in [1.82, 2.24) is 0 Å². The number of amides is 2. The topological polar surface area (TPSA) is 334 Å². The molecule has 2 amide bonds. The highest BCUT2D eigenvalue weighted by Crippen LogP contribution is 2.34. The van der Waals surface area contributed by atoms with Crippen LogP contribution in [-0.4, -0.2) is 75.3 Å². The SMILES string of the molecule is O=C1C(Cl)=C(Nc2ccc(C(=O)Nc3ccc4cc(S(=O)(=O)O)cc(S(=O)(=O)O)c4c3)cc2)C(=O)C(Cl)=C1Nc1ccc(C(=O)Nc2ccc3cc(S(=O)(=O)O)cc(S(=O)(=O)O)c3c2)cc1. The van der Waals surface area contributed by atoms with Gasteiger partial charge in [0, 0.05) is 44.6 Å². The maximum Gasteiger partial charge on any atom is 0.295 e. The molecule has 0 aliphatic heterocycles. The summed E-state index contributed by atoms with van der Waals surface area (Å²) in [5.74, 6) is -3.20. The van der Waals surface area contributed by atoms with Crippen LogP contribution in [0.3, 0.4) is 0 Å². The van der Waals surface area contributed by atoms with E-state index in [1.165, 1.54) is 72.8 Å². The number of carbonyl (C=O) groups is 4. The number of carbonyl (C=O) groups excluding carboxylic acids is 4. The summed E-state index contributed by atoms with van der Waals surface area (Å²) in [7, 11) is -19.7. The van der Waals surface area contributed by atoms with Gasteiger partial charge in [0.1, 0.15) is 31.2 Å². The van der Waals surface area contributed by atoms with Crippen LogP contribution in [0.5, 0.6) is 0 Å². The second-order valence-electron chi connectivity index (χ2n) is 14.0. The fourth-order valence-corrected chi connectivity index (χ4v) is 9.60. The lowest BCUT2D eigenvalue weighted by Gasteiger charge is -2.20. The molecule has 0 fully saturated rings. The van der Waals surface area contributed by atoms with Gasteiger partial charge in [0.2, 0.25) is 11.6 Å². The van der Waals surface area contributed by atoms with Crippen molar-refractivity contribution in [1.29, 1.82) is 0 Å². The molecule has 20 nitrogen and oxygen atoms in total. The average molecular weight is 1020 g/mol. The van der Waals surface area contributed by atoms with Crippen molar-refractivity contribution in [3.05, 3.63) is 142 Å². The van der Waals surface area contributed by atoms with Gasteiger partial charge in [-0.15, -0.1) is 0 Å². The molecule has 7 rings (SSSR count). The quantitative estimate of drug-likeness (QED) is 0.0510. The Morgan fingerprint density at radius 3 is 1.05 bits per heavy atom. The van der Waals surface area contributed by atoms with Crippen LogP contribution in [0.15, 0.2) is 150 Å². The van der Waals surface area contributed by atoms with E-state index in [0.29, 0.717) is 12.1 Å². The van der Waals surface area contributed by atoms with E-state index >= 15 is 0 Å². The second kappa shape index (κ2) is 17.3. The van der Waals surface area contributed by atoms with E-state index in [0.717, 1.165) is 24.3 Å². The van der Waals surface area contributed by atoms with Crippen molar-refractivity contribution in [2.24, 2.45) is 0 Å². The summed E-state index contributed by atoms with van der Waals surface area (Å²) in [4.78, 5) is 49.7. The minimum Gasteiger partial charge on any atom is -0.351 e. The molecule has 0 radical (unpaired) electrons. The van der Waals surface area contributed by atoms with Crippen LogP contribution in [0.1, 0.15) is 20.7 Å². The molecular formula is C40H26Cl2N4O16S4. The van der Waals surface area contributed by atoms with E-state index in [9.17, 15) is 71.1 Å². The van der Waals surface area contributed by atoms with Crippen molar-refractivity contribution in [3.8, 4) is 0 Å². The third-order valence-electron chi connectivity index (χ3n) is 9.57. The van der Waals surface area contributed by atoms with E-state index in [1.54, 1.807) is 0 Å². The summed E-state index contributed by atoms with van der Waals surface area (Å²) in [5.41, 5.74) is -0.251. The van der Waals surface area contributed by atoms with E-state index in [-0.39, 0.29) is 55.4 Å². The molecule has 0 bridgehead atoms. The molecule has 0 spiro atoms. The molecule has 340 valence electrons. The molecule has 0 heterocycles. The lowest BCUT2D eigenvalue weighted by molar-refractivity contribution is -0.115. The van der Waals surface area contributed by atoms with Gasteiger partial charge in [-0.1, -0.05) is 35.3 Å². The normalized spacial score (nSPS) is 13.8. The number of rotatable bonds is 12. The van der Waals surface area contributed by atoms with Crippen LogP contribution in [0.25, 0.3) is 21.5 Å². The van der Waals surface area contributed by atoms with Gasteiger partial charge < -0.3 is 21.3 Å². The maximum absolute atomic E-state index is 13.4. The number of hydrogen-bond acceptors (Lipinski definition) is 14. The zero-order valence-corrected chi connectivity index (χ0v) is 37.2. The monoisotopic (exact) mass is 1020 g/mol. The Bertz CT molecular complexity index is 3430. The molecule has 1 aliphatic rings. The number of ketones is 2. The van der Waals surface area contributed by atoms with Gasteiger partial charge in [-0.25, -0.2) is 0 Å². The van der Waals surface area contributed by atoms with Gasteiger partial charge in [0.15, 0.2) is 0 Å². The van der Waals surface area contributed by atoms with Gasteiger partial charge in [-0.3, -0.25) is 37.4 Å². The molecule has 0 atom stereocenters. The molecule has 0 unspecified atom stereocenters. The Hall–Kier alpha value is -6.58. The molecule has 0 saturated heterocycles. The fraction of sp³-hybridized carbons (Fsp3) is 0. The van der Waals surface area contributed by atoms with Crippen molar-refractivity contribution in [3.63, 3.8) is 0 Å². The summed E-state index contributed by atoms with van der Waals surface area (Å²) in [6.07, 6.45) is 0. The summed E-state index contributed by atoms with van der Waals surface area (Å²) >= 11 is 12.7. The predicted octanol–water partition coefficient (Wildman–Crippen LogP) is 6.06. The fourth-order valence-electron chi connectivity index (χ4n) is 6.45. The highest BCUT2D eigenvalue weighted by atomic mass is 35.5. The minimum absolute atomic E-state index is 0.000497. The molecule has 0 aromatic heterocycles. The summed E-state index contributed by atoms with van der Waals surface area (Å²) in [6.45, 7) is 0. The Kier molecular flexibility index (Phi) is 12.4. The van der Waals surface area contributed by atoms with Crippen LogP contribution in [0.2, 0.25) is 0 Å². The number of halogens is 2. The van der Waals surface area contributed by atoms with E-state index in [2.05, 4.69) is 21.3 Å². The maximum atomic E-state index is 13.4. The van der Waals surface area contributed by atoms with Crippen molar-refractivity contribution < 1.29 is 71.1 Å². The molecule has 26 heteroatoms.